The van der Waals surface area contributed by atoms with E-state index in [0.29, 0.717) is 71.2 Å². The molecule has 44 heavy (non-hydrogen) atoms. The van der Waals surface area contributed by atoms with Crippen molar-refractivity contribution >= 4 is 23.6 Å². The second-order valence-electron chi connectivity index (χ2n) is 12.4. The van der Waals surface area contributed by atoms with Gasteiger partial charge in [0.1, 0.15) is 12.1 Å². The Morgan fingerprint density at radius 3 is 2.34 bits per heavy atom. The Labute approximate surface area is 259 Å². The van der Waals surface area contributed by atoms with Crippen LogP contribution in [0.15, 0.2) is 72.8 Å². The highest BCUT2D eigenvalue weighted by molar-refractivity contribution is 5.91. The molecule has 1 spiro atoms. The number of nitrogens with zero attached hydrogens (tertiary/aromatic N) is 1. The Morgan fingerprint density at radius 1 is 0.977 bits per heavy atom. The van der Waals surface area contributed by atoms with Crippen LogP contribution in [0.3, 0.4) is 0 Å². The number of ether oxygens (including phenoxy) is 1. The molecule has 4 amide bonds. The van der Waals surface area contributed by atoms with Gasteiger partial charge in [0, 0.05) is 58.0 Å². The van der Waals surface area contributed by atoms with Crippen LogP contribution in [0.5, 0.6) is 0 Å². The second kappa shape index (κ2) is 14.7. The Morgan fingerprint density at radius 2 is 1.66 bits per heavy atom. The number of carbonyl (C=O) groups is 4. The van der Waals surface area contributed by atoms with Gasteiger partial charge in [0.15, 0.2) is 0 Å². The topological polar surface area (TPSA) is 117 Å². The molecule has 2 fully saturated rings. The standard InChI is InChI=1S/C35H44N4O5/c1-25(40)36-31(23-27-12-6-3-7-13-27)33(42)39-19-15-29-28(24-39)14-8-9-16-35(17-20-44-21-18-35)34(43)38-30(32(41)37-29)22-26-10-4-2-5-11-26/h2-13,28-31H,14-24H2,1H3,(H,36,40)(H,37,41)(H,38,43)/b9-8+/t28-,29-,30+,31+/m1/s1. The Bertz CT molecular complexity index is 1330. The lowest BCUT2D eigenvalue weighted by Gasteiger charge is -2.41. The van der Waals surface area contributed by atoms with Crippen molar-refractivity contribution in [3.8, 4) is 0 Å². The van der Waals surface area contributed by atoms with Crippen molar-refractivity contribution in [2.75, 3.05) is 26.3 Å². The normalized spacial score (nSPS) is 25.3. The summed E-state index contributed by atoms with van der Waals surface area (Å²) < 4.78 is 5.60. The van der Waals surface area contributed by atoms with Crippen LogP contribution in [-0.4, -0.2) is 73.0 Å². The molecule has 0 bridgehead atoms. The first-order chi connectivity index (χ1) is 21.3. The van der Waals surface area contributed by atoms with E-state index in [4.69, 9.17) is 4.74 Å². The van der Waals surface area contributed by atoms with E-state index in [9.17, 15) is 19.2 Å². The summed E-state index contributed by atoms with van der Waals surface area (Å²) in [6, 6.07) is 17.9. The van der Waals surface area contributed by atoms with Gasteiger partial charge in [-0.15, -0.1) is 0 Å². The average molecular weight is 601 g/mol. The minimum Gasteiger partial charge on any atom is -0.381 e. The largest absolute Gasteiger partial charge is 0.381 e. The molecule has 2 aromatic carbocycles. The molecule has 0 aromatic heterocycles. The van der Waals surface area contributed by atoms with Crippen molar-refractivity contribution in [3.63, 3.8) is 0 Å². The molecular formula is C35H44N4O5. The van der Waals surface area contributed by atoms with E-state index >= 15 is 0 Å². The number of rotatable bonds is 6. The van der Waals surface area contributed by atoms with Crippen LogP contribution in [0.2, 0.25) is 0 Å². The van der Waals surface area contributed by atoms with E-state index in [-0.39, 0.29) is 35.6 Å². The van der Waals surface area contributed by atoms with E-state index in [1.165, 1.54) is 6.92 Å². The molecule has 3 aliphatic rings. The van der Waals surface area contributed by atoms with Crippen molar-refractivity contribution in [2.24, 2.45) is 11.3 Å². The van der Waals surface area contributed by atoms with Gasteiger partial charge >= 0.3 is 0 Å². The van der Waals surface area contributed by atoms with Gasteiger partial charge in [0.25, 0.3) is 0 Å². The number of carbonyl (C=O) groups excluding carboxylic acids is 4. The number of likely N-dealkylation sites (tertiary alicyclic amines) is 1. The predicted octanol–water partition coefficient (Wildman–Crippen LogP) is 2.94. The molecule has 0 aliphatic carbocycles. The van der Waals surface area contributed by atoms with Crippen LogP contribution in [-0.2, 0) is 36.8 Å². The van der Waals surface area contributed by atoms with Gasteiger partial charge < -0.3 is 25.6 Å². The average Bonchev–Trinajstić information content (AvgIpc) is 3.03. The first-order valence-electron chi connectivity index (χ1n) is 15.8. The summed E-state index contributed by atoms with van der Waals surface area (Å²) >= 11 is 0. The summed E-state index contributed by atoms with van der Waals surface area (Å²) in [4.78, 5) is 55.3. The van der Waals surface area contributed by atoms with Gasteiger partial charge in [-0.05, 0) is 43.2 Å². The molecule has 2 aromatic rings. The zero-order valence-corrected chi connectivity index (χ0v) is 25.5. The quantitative estimate of drug-likeness (QED) is 0.441. The van der Waals surface area contributed by atoms with Gasteiger partial charge in [0.2, 0.25) is 23.6 Å². The van der Waals surface area contributed by atoms with Gasteiger partial charge in [0.05, 0.1) is 5.41 Å². The Balaban J connectivity index is 1.36. The first-order valence-corrected chi connectivity index (χ1v) is 15.8. The number of hydrogen-bond donors (Lipinski definition) is 3. The van der Waals surface area contributed by atoms with Crippen molar-refractivity contribution in [3.05, 3.63) is 83.9 Å². The van der Waals surface area contributed by atoms with Gasteiger partial charge in [-0.3, -0.25) is 19.2 Å². The maximum atomic E-state index is 13.9. The highest BCUT2D eigenvalue weighted by Crippen LogP contribution is 2.36. The van der Waals surface area contributed by atoms with Crippen molar-refractivity contribution < 1.29 is 23.9 Å². The maximum Gasteiger partial charge on any atom is 0.245 e. The molecule has 3 heterocycles. The molecule has 5 rings (SSSR count). The van der Waals surface area contributed by atoms with Crippen LogP contribution in [0.1, 0.15) is 50.2 Å². The molecule has 2 saturated heterocycles. The minimum atomic E-state index is -0.719. The first kappa shape index (κ1) is 31.4. The number of benzene rings is 2. The highest BCUT2D eigenvalue weighted by atomic mass is 16.5. The molecule has 3 N–H and O–H groups in total. The second-order valence-corrected chi connectivity index (χ2v) is 12.4. The third kappa shape index (κ3) is 7.94. The fourth-order valence-corrected chi connectivity index (χ4v) is 6.70. The maximum absolute atomic E-state index is 13.9. The summed E-state index contributed by atoms with van der Waals surface area (Å²) in [5, 5.41) is 9.25. The van der Waals surface area contributed by atoms with Gasteiger partial charge in [-0.2, -0.15) is 0 Å². The summed E-state index contributed by atoms with van der Waals surface area (Å²) in [5.41, 5.74) is 1.32. The zero-order valence-electron chi connectivity index (χ0n) is 25.5. The van der Waals surface area contributed by atoms with Gasteiger partial charge in [-0.25, -0.2) is 0 Å². The Hall–Kier alpha value is -3.98. The van der Waals surface area contributed by atoms with E-state index in [1.807, 2.05) is 65.6 Å². The van der Waals surface area contributed by atoms with Crippen LogP contribution in [0.25, 0.3) is 0 Å². The fourth-order valence-electron chi connectivity index (χ4n) is 6.70. The van der Waals surface area contributed by atoms with E-state index < -0.39 is 17.5 Å². The lowest BCUT2D eigenvalue weighted by atomic mass is 9.75. The van der Waals surface area contributed by atoms with E-state index in [1.54, 1.807) is 0 Å². The summed E-state index contributed by atoms with van der Waals surface area (Å²) in [7, 11) is 0. The van der Waals surface area contributed by atoms with Crippen LogP contribution in [0, 0.1) is 11.3 Å². The van der Waals surface area contributed by atoms with Crippen LogP contribution >= 0.6 is 0 Å². The third-order valence-electron chi connectivity index (χ3n) is 9.28. The molecule has 0 saturated carbocycles. The van der Waals surface area contributed by atoms with Crippen molar-refractivity contribution in [1.29, 1.82) is 0 Å². The fraction of sp³-hybridized carbons (Fsp3) is 0.486. The van der Waals surface area contributed by atoms with Crippen molar-refractivity contribution in [1.82, 2.24) is 20.9 Å². The molecule has 3 aliphatic heterocycles. The summed E-state index contributed by atoms with van der Waals surface area (Å²) in [6.07, 6.45) is 8.01. The molecule has 9 heteroatoms. The zero-order chi connectivity index (χ0) is 30.9. The molecule has 0 unspecified atom stereocenters. The molecular weight excluding hydrogens is 556 g/mol. The lowest BCUT2D eigenvalue weighted by Crippen LogP contribution is -2.60. The summed E-state index contributed by atoms with van der Waals surface area (Å²) in [6.45, 7) is 3.38. The number of hydrogen-bond acceptors (Lipinski definition) is 5. The smallest absolute Gasteiger partial charge is 0.245 e. The number of piperidine rings is 1. The summed E-state index contributed by atoms with van der Waals surface area (Å²) in [5.74, 6) is -0.672. The van der Waals surface area contributed by atoms with Crippen LogP contribution in [0.4, 0.5) is 0 Å². The predicted molar refractivity (Wildman–Crippen MR) is 167 cm³/mol. The SMILES string of the molecule is CC(=O)N[C@@H](Cc1ccccc1)C(=O)N1CC[C@H]2NC(=O)[C@H](Cc3ccccc3)NC(=O)C3(C/C=C/C[C@@H]2C1)CCOCC3. The number of nitrogens with one attached hydrogen (secondary N) is 3. The monoisotopic (exact) mass is 600 g/mol. The van der Waals surface area contributed by atoms with E-state index in [0.717, 1.165) is 11.1 Å². The lowest BCUT2D eigenvalue weighted by molar-refractivity contribution is -0.141. The minimum absolute atomic E-state index is 0.0132. The number of amides is 4. The van der Waals surface area contributed by atoms with E-state index in [2.05, 4.69) is 28.1 Å². The highest BCUT2D eigenvalue weighted by Gasteiger charge is 2.42. The number of fused-ring (bicyclic) bond motifs is 1. The molecule has 4 atom stereocenters. The third-order valence-corrected chi connectivity index (χ3v) is 9.28. The number of allylic oxidation sites excluding steroid dienone is 2. The molecule has 9 nitrogen and oxygen atoms in total. The Kier molecular flexibility index (Phi) is 10.5. The van der Waals surface area contributed by atoms with Gasteiger partial charge in [-0.1, -0.05) is 72.8 Å². The van der Waals surface area contributed by atoms with Crippen molar-refractivity contribution in [2.45, 2.75) is 70.0 Å². The molecule has 234 valence electrons. The molecule has 0 radical (unpaired) electrons. The van der Waals surface area contributed by atoms with Crippen LogP contribution < -0.4 is 16.0 Å².